The Balaban J connectivity index is 1.72. The van der Waals surface area contributed by atoms with E-state index in [1.807, 2.05) is 30.3 Å². The van der Waals surface area contributed by atoms with Gasteiger partial charge in [0.2, 0.25) is 6.79 Å². The zero-order valence-electron chi connectivity index (χ0n) is 17.0. The summed E-state index contributed by atoms with van der Waals surface area (Å²) in [4.78, 5) is 25.6. The van der Waals surface area contributed by atoms with Crippen molar-refractivity contribution in [1.29, 1.82) is 0 Å². The fourth-order valence-electron chi connectivity index (χ4n) is 3.93. The van der Waals surface area contributed by atoms with E-state index in [9.17, 15) is 20.0 Å². The number of nitro benzene ring substituents is 1. The van der Waals surface area contributed by atoms with Crippen LogP contribution in [0.25, 0.3) is 0 Å². The van der Waals surface area contributed by atoms with Crippen LogP contribution in [0.15, 0.2) is 42.5 Å². The summed E-state index contributed by atoms with van der Waals surface area (Å²) in [7, 11) is 0. The summed E-state index contributed by atoms with van der Waals surface area (Å²) >= 11 is 0. The number of amides is 1. The standard InChI is InChI=1S/C21H22N2O8/c1-21(2)22(20(25)28-11-13-6-4-3-5-7-13)19(18(10-24)31-21)14-8-16-17(30-12-29-16)9-15(14)23(26)27/h3-9,18-19,24H,10-12H2,1-2H3/t18-,19-/m0/s1. The van der Waals surface area contributed by atoms with Crippen LogP contribution in [0.4, 0.5) is 10.5 Å². The van der Waals surface area contributed by atoms with Gasteiger partial charge in [0, 0.05) is 0 Å². The van der Waals surface area contributed by atoms with Crippen LogP contribution in [0.1, 0.15) is 31.0 Å². The first-order valence-electron chi connectivity index (χ1n) is 9.68. The Morgan fingerprint density at radius 1 is 1.26 bits per heavy atom. The molecule has 10 nitrogen and oxygen atoms in total. The predicted octanol–water partition coefficient (Wildman–Crippen LogP) is 3.13. The van der Waals surface area contributed by atoms with Gasteiger partial charge in [-0.3, -0.25) is 15.0 Å². The maximum Gasteiger partial charge on any atom is 0.412 e. The molecule has 1 fully saturated rings. The van der Waals surface area contributed by atoms with Crippen molar-refractivity contribution >= 4 is 11.8 Å². The molecular weight excluding hydrogens is 408 g/mol. The van der Waals surface area contributed by atoms with Crippen molar-refractivity contribution in [2.75, 3.05) is 13.4 Å². The van der Waals surface area contributed by atoms with Gasteiger partial charge >= 0.3 is 6.09 Å². The topological polar surface area (TPSA) is 121 Å². The Labute approximate surface area is 178 Å². The molecule has 1 amide bonds. The van der Waals surface area contributed by atoms with Crippen LogP contribution in [0, 0.1) is 10.1 Å². The number of hydrogen-bond acceptors (Lipinski definition) is 8. The fraction of sp³-hybridized carbons (Fsp3) is 0.381. The third-order valence-corrected chi connectivity index (χ3v) is 5.27. The molecule has 2 aromatic carbocycles. The predicted molar refractivity (Wildman–Crippen MR) is 106 cm³/mol. The molecule has 0 spiro atoms. The molecule has 1 saturated heterocycles. The van der Waals surface area contributed by atoms with Crippen molar-refractivity contribution in [2.24, 2.45) is 0 Å². The van der Waals surface area contributed by atoms with Gasteiger partial charge in [-0.1, -0.05) is 30.3 Å². The minimum absolute atomic E-state index is 0.0198. The highest BCUT2D eigenvalue weighted by atomic mass is 16.7. The van der Waals surface area contributed by atoms with Gasteiger partial charge in [0.25, 0.3) is 5.69 Å². The first kappa shape index (κ1) is 20.9. The molecule has 0 radical (unpaired) electrons. The van der Waals surface area contributed by atoms with Gasteiger partial charge in [0.1, 0.15) is 18.4 Å². The number of aliphatic hydroxyl groups is 1. The molecule has 31 heavy (non-hydrogen) atoms. The van der Waals surface area contributed by atoms with Gasteiger partial charge < -0.3 is 24.1 Å². The summed E-state index contributed by atoms with van der Waals surface area (Å²) in [6, 6.07) is 10.9. The molecular formula is C21H22N2O8. The molecule has 2 atom stereocenters. The lowest BCUT2D eigenvalue weighted by Gasteiger charge is -2.32. The van der Waals surface area contributed by atoms with Crippen LogP contribution in [-0.2, 0) is 16.1 Å². The van der Waals surface area contributed by atoms with Crippen LogP contribution in [-0.4, -0.2) is 46.3 Å². The van der Waals surface area contributed by atoms with Crippen LogP contribution < -0.4 is 9.47 Å². The first-order valence-corrected chi connectivity index (χ1v) is 9.68. The molecule has 4 rings (SSSR count). The molecule has 10 heteroatoms. The highest BCUT2D eigenvalue weighted by molar-refractivity contribution is 5.71. The maximum absolute atomic E-state index is 13.1. The third-order valence-electron chi connectivity index (χ3n) is 5.27. The highest BCUT2D eigenvalue weighted by Gasteiger charge is 2.53. The molecule has 0 saturated carbocycles. The third kappa shape index (κ3) is 3.87. The van der Waals surface area contributed by atoms with Crippen molar-refractivity contribution in [3.63, 3.8) is 0 Å². The lowest BCUT2D eigenvalue weighted by atomic mass is 9.98. The molecule has 2 heterocycles. The number of nitro groups is 1. The molecule has 2 aliphatic heterocycles. The van der Waals surface area contributed by atoms with E-state index < -0.39 is 35.5 Å². The Hall–Kier alpha value is -3.37. The van der Waals surface area contributed by atoms with Gasteiger partial charge in [-0.25, -0.2) is 4.79 Å². The van der Waals surface area contributed by atoms with Gasteiger partial charge in [-0.05, 0) is 25.5 Å². The first-order chi connectivity index (χ1) is 14.8. The van der Waals surface area contributed by atoms with Crippen molar-refractivity contribution in [2.45, 2.75) is 38.3 Å². The van der Waals surface area contributed by atoms with E-state index >= 15 is 0 Å². The average molecular weight is 430 g/mol. The van der Waals surface area contributed by atoms with Gasteiger partial charge in [-0.2, -0.15) is 0 Å². The van der Waals surface area contributed by atoms with Crippen LogP contribution in [0.5, 0.6) is 11.5 Å². The number of nitrogens with zero attached hydrogens (tertiary/aromatic N) is 2. The minimum atomic E-state index is -1.18. The number of carbonyl (C=O) groups is 1. The van der Waals surface area contributed by atoms with Crippen molar-refractivity contribution in [1.82, 2.24) is 4.90 Å². The van der Waals surface area contributed by atoms with Crippen molar-refractivity contribution < 1.29 is 33.8 Å². The Morgan fingerprint density at radius 3 is 2.58 bits per heavy atom. The lowest BCUT2D eigenvalue weighted by molar-refractivity contribution is -0.386. The number of hydrogen-bond donors (Lipinski definition) is 1. The van der Waals surface area contributed by atoms with E-state index in [1.165, 1.54) is 17.0 Å². The second-order valence-electron chi connectivity index (χ2n) is 7.66. The normalized spacial score (nSPS) is 21.2. The van der Waals surface area contributed by atoms with Gasteiger partial charge in [0.15, 0.2) is 11.5 Å². The van der Waals surface area contributed by atoms with E-state index in [0.29, 0.717) is 5.75 Å². The number of rotatable bonds is 5. The quantitative estimate of drug-likeness (QED) is 0.567. The summed E-state index contributed by atoms with van der Waals surface area (Å²) in [5, 5.41) is 21.7. The SMILES string of the molecule is CC1(C)O[C@@H](CO)[C@H](c2cc3c(cc2[N+](=O)[O-])OCO3)N1C(=O)OCc1ccccc1. The fourth-order valence-corrected chi connectivity index (χ4v) is 3.93. The number of ether oxygens (including phenoxy) is 4. The highest BCUT2D eigenvalue weighted by Crippen LogP contribution is 2.48. The van der Waals surface area contributed by atoms with Crippen molar-refractivity contribution in [3.8, 4) is 11.5 Å². The van der Waals surface area contributed by atoms with Crippen LogP contribution >= 0.6 is 0 Å². The molecule has 0 aliphatic carbocycles. The molecule has 2 aromatic rings. The zero-order valence-corrected chi connectivity index (χ0v) is 17.0. The molecule has 2 aliphatic rings. The van der Waals surface area contributed by atoms with E-state index in [1.54, 1.807) is 13.8 Å². The smallest absolute Gasteiger partial charge is 0.412 e. The minimum Gasteiger partial charge on any atom is -0.454 e. The zero-order chi connectivity index (χ0) is 22.2. The van der Waals surface area contributed by atoms with E-state index in [-0.39, 0.29) is 30.4 Å². The number of benzene rings is 2. The van der Waals surface area contributed by atoms with E-state index in [2.05, 4.69) is 0 Å². The van der Waals surface area contributed by atoms with Crippen LogP contribution in [0.2, 0.25) is 0 Å². The summed E-state index contributed by atoms with van der Waals surface area (Å²) < 4.78 is 22.0. The lowest BCUT2D eigenvalue weighted by Crippen LogP contribution is -2.45. The van der Waals surface area contributed by atoms with Crippen molar-refractivity contribution in [3.05, 3.63) is 63.7 Å². The largest absolute Gasteiger partial charge is 0.454 e. The van der Waals surface area contributed by atoms with Gasteiger partial charge in [-0.15, -0.1) is 0 Å². The molecule has 0 unspecified atom stereocenters. The average Bonchev–Trinajstić information content (AvgIpc) is 3.32. The molecule has 0 bridgehead atoms. The number of aliphatic hydroxyl groups excluding tert-OH is 1. The van der Waals surface area contributed by atoms with Crippen LogP contribution in [0.3, 0.4) is 0 Å². The molecule has 164 valence electrons. The summed E-state index contributed by atoms with van der Waals surface area (Å²) in [5.74, 6) is 0.562. The monoisotopic (exact) mass is 430 g/mol. The molecule has 1 N–H and O–H groups in total. The number of fused-ring (bicyclic) bond motifs is 1. The Kier molecular flexibility index (Phi) is 5.42. The second kappa shape index (κ2) is 8.05. The number of carbonyl (C=O) groups excluding carboxylic acids is 1. The summed E-state index contributed by atoms with van der Waals surface area (Å²) in [6.45, 7) is 2.78. The summed E-state index contributed by atoms with van der Waals surface area (Å²) in [6.07, 6.45) is -1.62. The Morgan fingerprint density at radius 2 is 1.94 bits per heavy atom. The van der Waals surface area contributed by atoms with E-state index in [0.717, 1.165) is 5.56 Å². The summed E-state index contributed by atoms with van der Waals surface area (Å²) in [5.41, 5.74) is -0.501. The van der Waals surface area contributed by atoms with E-state index in [4.69, 9.17) is 18.9 Å². The second-order valence-corrected chi connectivity index (χ2v) is 7.66. The van der Waals surface area contributed by atoms with Gasteiger partial charge in [0.05, 0.1) is 29.2 Å². The Bertz CT molecular complexity index is 994. The molecule has 0 aromatic heterocycles. The maximum atomic E-state index is 13.1.